The van der Waals surface area contributed by atoms with Crippen LogP contribution in [0.1, 0.15) is 9.67 Å². The fourth-order valence-electron chi connectivity index (χ4n) is 0.392. The number of carboxylic acids is 1. The zero-order chi connectivity index (χ0) is 7.72. The Morgan fingerprint density at radius 3 is 2.40 bits per heavy atom. The lowest BCUT2D eigenvalue weighted by Crippen LogP contribution is -1.91. The van der Waals surface area contributed by atoms with Crippen molar-refractivity contribution in [3.63, 3.8) is 0 Å². The molecule has 3 nitrogen and oxygen atoms in total. The number of carboxylic acid groups (broad SMARTS) is 1. The Balaban J connectivity index is 3.17. The number of aromatic carboxylic acids is 1. The molecule has 1 N–H and O–H groups in total. The third-order valence-corrected chi connectivity index (χ3v) is 4.00. The average Bonchev–Trinajstić information content (AvgIpc) is 2.14. The number of hydrogen-bond donors (Lipinski definition) is 1. The molecule has 0 fully saturated rings. The van der Waals surface area contributed by atoms with Gasteiger partial charge in [0.25, 0.3) is 0 Å². The molecule has 1 rings (SSSR count). The van der Waals surface area contributed by atoms with E-state index in [9.17, 15) is 4.79 Å². The van der Waals surface area contributed by atoms with E-state index in [2.05, 4.69) is 36.2 Å². The van der Waals surface area contributed by atoms with Crippen LogP contribution in [0.2, 0.25) is 0 Å². The van der Waals surface area contributed by atoms with Gasteiger partial charge in [-0.25, -0.2) is 4.79 Å². The highest BCUT2D eigenvalue weighted by atomic mass is 79.9. The van der Waals surface area contributed by atoms with E-state index in [1.807, 2.05) is 0 Å². The second-order valence-corrected chi connectivity index (χ2v) is 3.74. The monoisotopic (exact) mass is 285 g/mol. The van der Waals surface area contributed by atoms with E-state index in [0.29, 0.717) is 9.08 Å². The van der Waals surface area contributed by atoms with Crippen LogP contribution in [0.3, 0.4) is 0 Å². The number of nitrogens with zero attached hydrogens (tertiary/aromatic N) is 1. The van der Waals surface area contributed by atoms with Gasteiger partial charge >= 0.3 is 5.97 Å². The van der Waals surface area contributed by atoms with Crippen molar-refractivity contribution in [3.05, 3.63) is 14.0 Å². The highest BCUT2D eigenvalue weighted by Crippen LogP contribution is 2.28. The van der Waals surface area contributed by atoms with Crippen LogP contribution in [0, 0.1) is 0 Å². The Bertz CT molecular complexity index is 272. The van der Waals surface area contributed by atoms with Gasteiger partial charge in [0.1, 0.15) is 9.48 Å². The second-order valence-electron chi connectivity index (χ2n) is 1.42. The van der Waals surface area contributed by atoms with Crippen LogP contribution in [-0.4, -0.2) is 15.4 Å². The highest BCUT2D eigenvalue weighted by Gasteiger charge is 2.14. The zero-order valence-corrected chi connectivity index (χ0v) is 8.46. The minimum absolute atomic E-state index is 0.215. The lowest BCUT2D eigenvalue weighted by molar-refractivity contribution is 0.0701. The predicted octanol–water partition coefficient (Wildman–Crippen LogP) is 2.37. The van der Waals surface area contributed by atoms with E-state index in [-0.39, 0.29) is 4.88 Å². The second kappa shape index (κ2) is 2.98. The molecule has 1 aromatic heterocycles. The van der Waals surface area contributed by atoms with Crippen LogP contribution in [-0.2, 0) is 0 Å². The third kappa shape index (κ3) is 1.38. The fourth-order valence-corrected chi connectivity index (χ4v) is 2.05. The van der Waals surface area contributed by atoms with Gasteiger partial charge in [-0.3, -0.25) is 0 Å². The van der Waals surface area contributed by atoms with E-state index in [1.165, 1.54) is 0 Å². The first-order valence-corrected chi connectivity index (χ1v) is 4.53. The van der Waals surface area contributed by atoms with Gasteiger partial charge < -0.3 is 5.11 Å². The summed E-state index contributed by atoms with van der Waals surface area (Å²) in [6.45, 7) is 0. The maximum atomic E-state index is 10.4. The normalized spacial score (nSPS) is 9.80. The molecule has 1 heterocycles. The number of rotatable bonds is 1. The number of aromatic nitrogens is 1. The van der Waals surface area contributed by atoms with Crippen LogP contribution in [0.25, 0.3) is 0 Å². The van der Waals surface area contributed by atoms with Crippen molar-refractivity contribution in [2.75, 3.05) is 0 Å². The molecule has 1 aromatic rings. The maximum Gasteiger partial charge on any atom is 0.348 e. The highest BCUT2D eigenvalue weighted by molar-refractivity contribution is 9.13. The summed E-state index contributed by atoms with van der Waals surface area (Å²) in [5, 5.41) is 8.50. The van der Waals surface area contributed by atoms with Crippen LogP contribution < -0.4 is 0 Å². The molecule has 0 unspecified atom stereocenters. The van der Waals surface area contributed by atoms with Crippen molar-refractivity contribution in [1.29, 1.82) is 0 Å². The van der Waals surface area contributed by atoms with Crippen LogP contribution in [0.4, 0.5) is 0 Å². The molecule has 0 bridgehead atoms. The Morgan fingerprint density at radius 2 is 2.20 bits per heavy atom. The van der Waals surface area contributed by atoms with Crippen molar-refractivity contribution in [2.24, 2.45) is 0 Å². The van der Waals surface area contributed by atoms with Crippen molar-refractivity contribution in [3.8, 4) is 0 Å². The Kier molecular flexibility index (Phi) is 2.43. The van der Waals surface area contributed by atoms with Crippen molar-refractivity contribution in [1.82, 2.24) is 4.37 Å². The minimum Gasteiger partial charge on any atom is -0.477 e. The first-order chi connectivity index (χ1) is 4.63. The minimum atomic E-state index is -0.963. The molecule has 0 spiro atoms. The molecule has 0 saturated carbocycles. The zero-order valence-electron chi connectivity index (χ0n) is 4.47. The molecule has 0 saturated heterocycles. The van der Waals surface area contributed by atoms with Gasteiger partial charge in [0.2, 0.25) is 0 Å². The van der Waals surface area contributed by atoms with Gasteiger partial charge in [-0.15, -0.1) is 0 Å². The first-order valence-electron chi connectivity index (χ1n) is 2.17. The van der Waals surface area contributed by atoms with Crippen molar-refractivity contribution < 1.29 is 9.90 Å². The Hall–Kier alpha value is 0.0600. The summed E-state index contributed by atoms with van der Waals surface area (Å²) in [6.07, 6.45) is 0. The average molecular weight is 287 g/mol. The molecular weight excluding hydrogens is 286 g/mol. The largest absolute Gasteiger partial charge is 0.477 e. The summed E-state index contributed by atoms with van der Waals surface area (Å²) in [7, 11) is 0. The van der Waals surface area contributed by atoms with Gasteiger partial charge in [-0.05, 0) is 43.4 Å². The summed E-state index contributed by atoms with van der Waals surface area (Å²) in [5.74, 6) is -0.963. The molecule has 6 heteroatoms. The van der Waals surface area contributed by atoms with E-state index in [1.54, 1.807) is 0 Å². The first kappa shape index (κ1) is 8.16. The SMILES string of the molecule is O=C(O)c1snc(Br)c1Br. The van der Waals surface area contributed by atoms with Crippen LogP contribution in [0.15, 0.2) is 9.08 Å². The number of halogens is 2. The molecule has 10 heavy (non-hydrogen) atoms. The summed E-state index contributed by atoms with van der Waals surface area (Å²) in [6, 6.07) is 0. The van der Waals surface area contributed by atoms with E-state index < -0.39 is 5.97 Å². The van der Waals surface area contributed by atoms with Crippen molar-refractivity contribution >= 4 is 49.4 Å². The van der Waals surface area contributed by atoms with E-state index >= 15 is 0 Å². The number of carbonyl (C=O) groups is 1. The van der Waals surface area contributed by atoms with Crippen molar-refractivity contribution in [2.45, 2.75) is 0 Å². The maximum absolute atomic E-state index is 10.4. The van der Waals surface area contributed by atoms with Gasteiger partial charge in [-0.1, -0.05) is 0 Å². The molecule has 0 aliphatic carbocycles. The summed E-state index contributed by atoms with van der Waals surface area (Å²) in [5.41, 5.74) is 0. The molecular formula is C4HBr2NO2S. The van der Waals surface area contributed by atoms with E-state index in [4.69, 9.17) is 5.11 Å². The van der Waals surface area contributed by atoms with Crippen LogP contribution in [0.5, 0.6) is 0 Å². The summed E-state index contributed by atoms with van der Waals surface area (Å²) in [4.78, 5) is 10.6. The molecule has 0 aromatic carbocycles. The van der Waals surface area contributed by atoms with Gasteiger partial charge in [0, 0.05) is 0 Å². The summed E-state index contributed by atoms with van der Waals surface area (Å²) >= 11 is 7.09. The molecule has 0 amide bonds. The van der Waals surface area contributed by atoms with Gasteiger partial charge in [0.05, 0.1) is 4.47 Å². The predicted molar refractivity (Wildman–Crippen MR) is 44.5 cm³/mol. The molecule has 0 radical (unpaired) electrons. The van der Waals surface area contributed by atoms with Gasteiger partial charge in [0.15, 0.2) is 0 Å². The Labute approximate surface area is 77.5 Å². The Morgan fingerprint density at radius 1 is 1.60 bits per heavy atom. The quantitative estimate of drug-likeness (QED) is 0.862. The smallest absolute Gasteiger partial charge is 0.348 e. The van der Waals surface area contributed by atoms with Crippen LogP contribution >= 0.6 is 43.4 Å². The molecule has 0 aliphatic heterocycles. The lowest BCUT2D eigenvalue weighted by atomic mass is 10.5. The molecule has 0 aliphatic rings. The standard InChI is InChI=1S/C4HBr2NO2S/c5-1-2(4(8)9)10-7-3(1)6/h(H,8,9). The van der Waals surface area contributed by atoms with Gasteiger partial charge in [-0.2, -0.15) is 4.37 Å². The molecule has 54 valence electrons. The number of hydrogen-bond acceptors (Lipinski definition) is 3. The fraction of sp³-hybridized carbons (Fsp3) is 0. The van der Waals surface area contributed by atoms with E-state index in [0.717, 1.165) is 11.5 Å². The summed E-state index contributed by atoms with van der Waals surface area (Å²) < 4.78 is 4.81. The third-order valence-electron chi connectivity index (χ3n) is 0.792. The topological polar surface area (TPSA) is 50.2 Å². The lowest BCUT2D eigenvalue weighted by Gasteiger charge is -1.84. The molecule has 0 atom stereocenters.